The van der Waals surface area contributed by atoms with Gasteiger partial charge in [-0.25, -0.2) is 9.97 Å². The number of carbonyl (C=O) groups is 1. The first-order valence-corrected chi connectivity index (χ1v) is 9.65. The molecule has 150 valence electrons. The van der Waals surface area contributed by atoms with E-state index in [0.29, 0.717) is 23.2 Å². The molecule has 2 aromatic heterocycles. The number of amides is 1. The number of nitrogens with zero attached hydrogens (tertiary/aromatic N) is 5. The van der Waals surface area contributed by atoms with Gasteiger partial charge in [0, 0.05) is 44.1 Å². The largest absolute Gasteiger partial charge is 0.368 e. The number of rotatable bonds is 4. The summed E-state index contributed by atoms with van der Waals surface area (Å²) < 4.78 is 4.97. The van der Waals surface area contributed by atoms with Gasteiger partial charge in [-0.3, -0.25) is 4.79 Å². The molecule has 0 radical (unpaired) electrons. The standard InChI is InChI=1S/C21H24N6O2/c1-14-5-4-6-18(16(14)3)26-9-11-27(12-10-26)21-22-8-7-17(23-21)20(28)24-19-13-15(2)29-25-19/h4-8,13H,9-12H2,1-3H3,(H,24,25,28). The number of aryl methyl sites for hydroxylation is 2. The summed E-state index contributed by atoms with van der Waals surface area (Å²) in [5.41, 5.74) is 4.20. The Morgan fingerprint density at radius 1 is 1.07 bits per heavy atom. The van der Waals surface area contributed by atoms with Crippen molar-refractivity contribution in [2.75, 3.05) is 41.3 Å². The molecule has 3 heterocycles. The molecule has 1 aliphatic rings. The maximum absolute atomic E-state index is 12.5. The van der Waals surface area contributed by atoms with E-state index >= 15 is 0 Å². The second-order valence-electron chi connectivity index (χ2n) is 7.21. The summed E-state index contributed by atoms with van der Waals surface area (Å²) in [6.45, 7) is 9.41. The monoisotopic (exact) mass is 392 g/mol. The predicted octanol–water partition coefficient (Wildman–Crippen LogP) is 2.97. The quantitative estimate of drug-likeness (QED) is 0.730. The average Bonchev–Trinajstić information content (AvgIpc) is 3.15. The smallest absolute Gasteiger partial charge is 0.275 e. The molecule has 4 rings (SSSR count). The lowest BCUT2D eigenvalue weighted by Crippen LogP contribution is -2.47. The van der Waals surface area contributed by atoms with E-state index in [0.717, 1.165) is 26.2 Å². The van der Waals surface area contributed by atoms with Gasteiger partial charge in [0.25, 0.3) is 5.91 Å². The predicted molar refractivity (Wildman–Crippen MR) is 112 cm³/mol. The van der Waals surface area contributed by atoms with E-state index in [1.54, 1.807) is 25.3 Å². The Morgan fingerprint density at radius 2 is 1.83 bits per heavy atom. The molecule has 0 unspecified atom stereocenters. The third-order valence-electron chi connectivity index (χ3n) is 5.22. The molecule has 8 nitrogen and oxygen atoms in total. The van der Waals surface area contributed by atoms with Crippen molar-refractivity contribution < 1.29 is 9.32 Å². The Balaban J connectivity index is 1.43. The topological polar surface area (TPSA) is 87.4 Å². The molecule has 0 aliphatic carbocycles. The van der Waals surface area contributed by atoms with Crippen molar-refractivity contribution in [3.05, 3.63) is 59.1 Å². The Kier molecular flexibility index (Phi) is 5.16. The van der Waals surface area contributed by atoms with Crippen molar-refractivity contribution in [2.24, 2.45) is 0 Å². The summed E-state index contributed by atoms with van der Waals surface area (Å²) in [6.07, 6.45) is 1.61. The van der Waals surface area contributed by atoms with Crippen LogP contribution in [0.4, 0.5) is 17.5 Å². The van der Waals surface area contributed by atoms with E-state index in [1.807, 2.05) is 0 Å². The summed E-state index contributed by atoms with van der Waals surface area (Å²) >= 11 is 0. The first-order chi connectivity index (χ1) is 14.0. The first-order valence-electron chi connectivity index (χ1n) is 9.65. The van der Waals surface area contributed by atoms with Crippen molar-refractivity contribution >= 4 is 23.4 Å². The average molecular weight is 392 g/mol. The number of hydrogen-bond acceptors (Lipinski definition) is 7. The fourth-order valence-corrected chi connectivity index (χ4v) is 3.46. The van der Waals surface area contributed by atoms with Gasteiger partial charge in [-0.1, -0.05) is 17.3 Å². The zero-order valence-corrected chi connectivity index (χ0v) is 16.8. The van der Waals surface area contributed by atoms with Crippen LogP contribution < -0.4 is 15.1 Å². The van der Waals surface area contributed by atoms with Gasteiger partial charge in [-0.2, -0.15) is 0 Å². The lowest BCUT2D eigenvalue weighted by atomic mass is 10.1. The second kappa shape index (κ2) is 7.90. The summed E-state index contributed by atoms with van der Waals surface area (Å²) in [4.78, 5) is 25.8. The zero-order chi connectivity index (χ0) is 20.4. The van der Waals surface area contributed by atoms with E-state index in [1.165, 1.54) is 16.8 Å². The van der Waals surface area contributed by atoms with Crippen molar-refractivity contribution in [1.29, 1.82) is 0 Å². The fourth-order valence-electron chi connectivity index (χ4n) is 3.46. The van der Waals surface area contributed by atoms with Gasteiger partial charge in [0.1, 0.15) is 11.5 Å². The Hall–Kier alpha value is -3.42. The summed E-state index contributed by atoms with van der Waals surface area (Å²) in [7, 11) is 0. The molecule has 8 heteroatoms. The van der Waals surface area contributed by atoms with Crippen LogP contribution in [-0.2, 0) is 0 Å². The number of piperazine rings is 1. The Labute approximate surface area is 169 Å². The molecular weight excluding hydrogens is 368 g/mol. The number of anilines is 3. The summed E-state index contributed by atoms with van der Waals surface area (Å²) in [5.74, 6) is 1.23. The molecule has 1 amide bonds. The van der Waals surface area contributed by atoms with Crippen molar-refractivity contribution in [3.8, 4) is 0 Å². The van der Waals surface area contributed by atoms with Crippen molar-refractivity contribution in [2.45, 2.75) is 20.8 Å². The van der Waals surface area contributed by atoms with E-state index in [-0.39, 0.29) is 5.91 Å². The van der Waals surface area contributed by atoms with Gasteiger partial charge >= 0.3 is 0 Å². The summed E-state index contributed by atoms with van der Waals surface area (Å²) in [6, 6.07) is 9.67. The van der Waals surface area contributed by atoms with E-state index in [9.17, 15) is 4.79 Å². The molecule has 1 N–H and O–H groups in total. The van der Waals surface area contributed by atoms with Crippen LogP contribution in [0, 0.1) is 20.8 Å². The second-order valence-corrected chi connectivity index (χ2v) is 7.21. The lowest BCUT2D eigenvalue weighted by Gasteiger charge is -2.37. The van der Waals surface area contributed by atoms with Crippen LogP contribution in [0.1, 0.15) is 27.4 Å². The van der Waals surface area contributed by atoms with Crippen LogP contribution >= 0.6 is 0 Å². The number of hydrogen-bond donors (Lipinski definition) is 1. The van der Waals surface area contributed by atoms with Crippen LogP contribution in [0.5, 0.6) is 0 Å². The minimum Gasteiger partial charge on any atom is -0.368 e. The molecule has 0 saturated carbocycles. The van der Waals surface area contributed by atoms with Crippen LogP contribution in [0.25, 0.3) is 0 Å². The van der Waals surface area contributed by atoms with Gasteiger partial charge < -0.3 is 19.6 Å². The highest BCUT2D eigenvalue weighted by molar-refractivity contribution is 6.02. The molecule has 1 aromatic carbocycles. The van der Waals surface area contributed by atoms with Crippen molar-refractivity contribution in [1.82, 2.24) is 15.1 Å². The van der Waals surface area contributed by atoms with Gasteiger partial charge in [-0.05, 0) is 44.0 Å². The molecule has 0 spiro atoms. The van der Waals surface area contributed by atoms with Crippen LogP contribution in [-0.4, -0.2) is 47.2 Å². The lowest BCUT2D eigenvalue weighted by molar-refractivity contribution is 0.102. The zero-order valence-electron chi connectivity index (χ0n) is 16.8. The van der Waals surface area contributed by atoms with E-state index in [2.05, 4.69) is 62.3 Å². The number of aromatic nitrogens is 3. The first kappa shape index (κ1) is 18.9. The molecule has 1 saturated heterocycles. The van der Waals surface area contributed by atoms with Gasteiger partial charge in [0.05, 0.1) is 0 Å². The van der Waals surface area contributed by atoms with Gasteiger partial charge in [0.2, 0.25) is 5.95 Å². The molecule has 0 bridgehead atoms. The molecule has 1 aliphatic heterocycles. The van der Waals surface area contributed by atoms with Crippen LogP contribution in [0.2, 0.25) is 0 Å². The fraction of sp³-hybridized carbons (Fsp3) is 0.333. The number of nitrogens with one attached hydrogen (secondary N) is 1. The maximum Gasteiger partial charge on any atom is 0.275 e. The summed E-state index contributed by atoms with van der Waals surface area (Å²) in [5, 5.41) is 6.47. The Bertz CT molecular complexity index is 1020. The molecule has 3 aromatic rings. The Morgan fingerprint density at radius 3 is 2.55 bits per heavy atom. The number of carbonyl (C=O) groups excluding carboxylic acids is 1. The SMILES string of the molecule is Cc1cc(NC(=O)c2ccnc(N3CCN(c4cccc(C)c4C)CC3)n2)no1. The normalized spacial score (nSPS) is 14.2. The van der Waals surface area contributed by atoms with Crippen LogP contribution in [0.3, 0.4) is 0 Å². The third-order valence-corrected chi connectivity index (χ3v) is 5.22. The molecule has 29 heavy (non-hydrogen) atoms. The highest BCUT2D eigenvalue weighted by Gasteiger charge is 2.21. The van der Waals surface area contributed by atoms with E-state index < -0.39 is 0 Å². The molecule has 1 fully saturated rings. The number of benzene rings is 1. The highest BCUT2D eigenvalue weighted by atomic mass is 16.5. The minimum absolute atomic E-state index is 0.299. The van der Waals surface area contributed by atoms with Gasteiger partial charge in [-0.15, -0.1) is 0 Å². The third kappa shape index (κ3) is 4.06. The minimum atomic E-state index is -0.337. The van der Waals surface area contributed by atoms with E-state index in [4.69, 9.17) is 4.52 Å². The molecule has 0 atom stereocenters. The molecular formula is C21H24N6O2. The maximum atomic E-state index is 12.5. The highest BCUT2D eigenvalue weighted by Crippen LogP contribution is 2.24. The van der Waals surface area contributed by atoms with Crippen LogP contribution in [0.15, 0.2) is 41.1 Å². The van der Waals surface area contributed by atoms with Crippen molar-refractivity contribution in [3.63, 3.8) is 0 Å². The van der Waals surface area contributed by atoms with Gasteiger partial charge in [0.15, 0.2) is 5.82 Å².